The number of piperazine rings is 1. The number of amides is 1. The fourth-order valence-corrected chi connectivity index (χ4v) is 4.62. The molecule has 0 N–H and O–H groups in total. The zero-order chi connectivity index (χ0) is 22.1. The van der Waals surface area contributed by atoms with Gasteiger partial charge >= 0.3 is 0 Å². The van der Waals surface area contributed by atoms with Crippen LogP contribution in [0.2, 0.25) is 0 Å². The molecular weight excluding hydrogens is 400 g/mol. The van der Waals surface area contributed by atoms with Crippen molar-refractivity contribution in [3.63, 3.8) is 0 Å². The standard InChI is InChI=1S/C26H26N4O2/c1-18-17-22(23-19(2)28-32-25(23)27-18)26(31)30-15-13-29(14-16-30)24(20-9-5-3-6-10-20)21-11-7-4-8-12-21/h3-12,17,24H,13-16H2,1-2H3. The zero-order valence-electron chi connectivity index (χ0n) is 18.4. The molecule has 1 saturated heterocycles. The smallest absolute Gasteiger partial charge is 0.258 e. The van der Waals surface area contributed by atoms with Crippen LogP contribution in [0.3, 0.4) is 0 Å². The quantitative estimate of drug-likeness (QED) is 0.484. The highest BCUT2D eigenvalue weighted by Gasteiger charge is 2.30. The molecule has 0 spiro atoms. The molecule has 2 aromatic carbocycles. The molecule has 4 aromatic rings. The number of aryl methyl sites for hydroxylation is 2. The number of nitrogens with zero attached hydrogens (tertiary/aromatic N) is 4. The van der Waals surface area contributed by atoms with Gasteiger partial charge in [-0.2, -0.15) is 0 Å². The fraction of sp³-hybridized carbons (Fsp3) is 0.269. The van der Waals surface area contributed by atoms with Crippen LogP contribution in [0, 0.1) is 13.8 Å². The monoisotopic (exact) mass is 426 g/mol. The Balaban J connectivity index is 1.39. The summed E-state index contributed by atoms with van der Waals surface area (Å²) in [7, 11) is 0. The van der Waals surface area contributed by atoms with Crippen molar-refractivity contribution in [3.8, 4) is 0 Å². The first-order valence-electron chi connectivity index (χ1n) is 11.0. The topological polar surface area (TPSA) is 62.5 Å². The Bertz CT molecular complexity index is 1190. The molecule has 3 heterocycles. The van der Waals surface area contributed by atoms with Crippen LogP contribution in [0.25, 0.3) is 11.1 Å². The maximum Gasteiger partial charge on any atom is 0.258 e. The van der Waals surface area contributed by atoms with Gasteiger partial charge in [0.25, 0.3) is 11.6 Å². The average Bonchev–Trinajstić information content (AvgIpc) is 3.20. The predicted molar refractivity (Wildman–Crippen MR) is 123 cm³/mol. The highest BCUT2D eigenvalue weighted by molar-refractivity contribution is 6.06. The Hall–Kier alpha value is -3.51. The third-order valence-electron chi connectivity index (χ3n) is 6.17. The number of rotatable bonds is 4. The lowest BCUT2D eigenvalue weighted by Crippen LogP contribution is -2.50. The molecule has 0 aliphatic carbocycles. The summed E-state index contributed by atoms with van der Waals surface area (Å²) in [6.07, 6.45) is 0. The first-order chi connectivity index (χ1) is 15.6. The van der Waals surface area contributed by atoms with Crippen molar-refractivity contribution in [3.05, 3.63) is 94.8 Å². The van der Waals surface area contributed by atoms with Crippen LogP contribution in [0.4, 0.5) is 0 Å². The van der Waals surface area contributed by atoms with E-state index in [0.717, 1.165) is 24.2 Å². The van der Waals surface area contributed by atoms with Gasteiger partial charge in [-0.3, -0.25) is 9.69 Å². The van der Waals surface area contributed by atoms with Crippen LogP contribution in [0.15, 0.2) is 71.3 Å². The van der Waals surface area contributed by atoms with E-state index in [1.54, 1.807) is 0 Å². The van der Waals surface area contributed by atoms with Crippen LogP contribution >= 0.6 is 0 Å². The van der Waals surface area contributed by atoms with Crippen molar-refractivity contribution in [2.24, 2.45) is 0 Å². The van der Waals surface area contributed by atoms with E-state index in [1.807, 2.05) is 36.9 Å². The zero-order valence-corrected chi connectivity index (χ0v) is 18.4. The largest absolute Gasteiger partial charge is 0.336 e. The first kappa shape index (κ1) is 20.4. The molecule has 0 atom stereocenters. The number of carbonyl (C=O) groups is 1. The van der Waals surface area contributed by atoms with Gasteiger partial charge in [0, 0.05) is 31.9 Å². The van der Waals surface area contributed by atoms with Crippen molar-refractivity contribution >= 4 is 17.0 Å². The van der Waals surface area contributed by atoms with E-state index < -0.39 is 0 Å². The first-order valence-corrected chi connectivity index (χ1v) is 11.0. The molecule has 2 aromatic heterocycles. The van der Waals surface area contributed by atoms with Crippen molar-refractivity contribution in [1.29, 1.82) is 0 Å². The molecule has 0 unspecified atom stereocenters. The van der Waals surface area contributed by atoms with Crippen molar-refractivity contribution in [2.75, 3.05) is 26.2 Å². The molecule has 1 amide bonds. The van der Waals surface area contributed by atoms with Gasteiger partial charge in [0.15, 0.2) is 0 Å². The minimum absolute atomic E-state index is 0.0161. The van der Waals surface area contributed by atoms with E-state index in [1.165, 1.54) is 11.1 Å². The minimum atomic E-state index is 0.0161. The lowest BCUT2D eigenvalue weighted by Gasteiger charge is -2.40. The molecule has 6 nitrogen and oxygen atoms in total. The van der Waals surface area contributed by atoms with E-state index in [-0.39, 0.29) is 11.9 Å². The highest BCUT2D eigenvalue weighted by Crippen LogP contribution is 2.30. The van der Waals surface area contributed by atoms with E-state index in [9.17, 15) is 4.79 Å². The second kappa shape index (κ2) is 8.55. The van der Waals surface area contributed by atoms with E-state index in [2.05, 4.69) is 63.6 Å². The van der Waals surface area contributed by atoms with Crippen LogP contribution in [-0.2, 0) is 0 Å². The number of hydrogen-bond donors (Lipinski definition) is 0. The van der Waals surface area contributed by atoms with Crippen LogP contribution in [-0.4, -0.2) is 52.0 Å². The lowest BCUT2D eigenvalue weighted by molar-refractivity contribution is 0.0599. The van der Waals surface area contributed by atoms with E-state index in [0.29, 0.717) is 30.1 Å². The van der Waals surface area contributed by atoms with Gasteiger partial charge in [-0.25, -0.2) is 4.98 Å². The number of fused-ring (bicyclic) bond motifs is 1. The average molecular weight is 427 g/mol. The van der Waals surface area contributed by atoms with Gasteiger partial charge in [-0.1, -0.05) is 65.8 Å². The molecule has 5 rings (SSSR count). The lowest BCUT2D eigenvalue weighted by atomic mass is 9.96. The molecular formula is C26H26N4O2. The summed E-state index contributed by atoms with van der Waals surface area (Å²) < 4.78 is 5.31. The molecule has 32 heavy (non-hydrogen) atoms. The van der Waals surface area contributed by atoms with Crippen LogP contribution in [0.5, 0.6) is 0 Å². The molecule has 0 radical (unpaired) electrons. The third-order valence-corrected chi connectivity index (χ3v) is 6.17. The van der Waals surface area contributed by atoms with E-state index >= 15 is 0 Å². The number of aromatic nitrogens is 2. The SMILES string of the molecule is Cc1cc(C(=O)N2CCN(C(c3ccccc3)c3ccccc3)CC2)c2c(C)noc2n1. The third kappa shape index (κ3) is 3.78. The number of pyridine rings is 1. The molecule has 0 saturated carbocycles. The van der Waals surface area contributed by atoms with Crippen LogP contribution < -0.4 is 0 Å². The molecule has 0 bridgehead atoms. The summed E-state index contributed by atoms with van der Waals surface area (Å²) in [4.78, 5) is 22.2. The Morgan fingerprint density at radius 3 is 2.09 bits per heavy atom. The summed E-state index contributed by atoms with van der Waals surface area (Å²) in [5.74, 6) is 0.0161. The highest BCUT2D eigenvalue weighted by atomic mass is 16.5. The van der Waals surface area contributed by atoms with Crippen molar-refractivity contribution in [2.45, 2.75) is 19.9 Å². The Labute approximate surface area is 187 Å². The predicted octanol–water partition coefficient (Wildman–Crippen LogP) is 4.39. The Morgan fingerprint density at radius 1 is 0.906 bits per heavy atom. The maximum absolute atomic E-state index is 13.4. The minimum Gasteiger partial charge on any atom is -0.336 e. The van der Waals surface area contributed by atoms with Gasteiger partial charge in [-0.15, -0.1) is 0 Å². The van der Waals surface area contributed by atoms with Crippen LogP contribution in [0.1, 0.15) is 38.9 Å². The molecule has 1 fully saturated rings. The van der Waals surface area contributed by atoms with Crippen molar-refractivity contribution in [1.82, 2.24) is 19.9 Å². The second-order valence-corrected chi connectivity index (χ2v) is 8.31. The normalized spacial score (nSPS) is 14.9. The van der Waals surface area contributed by atoms with Gasteiger partial charge in [0.2, 0.25) is 0 Å². The summed E-state index contributed by atoms with van der Waals surface area (Å²) in [5, 5.41) is 4.73. The maximum atomic E-state index is 13.4. The van der Waals surface area contributed by atoms with E-state index in [4.69, 9.17) is 4.52 Å². The summed E-state index contributed by atoms with van der Waals surface area (Å²) in [5.41, 5.74) is 5.04. The van der Waals surface area contributed by atoms with Gasteiger partial charge in [-0.05, 0) is 31.0 Å². The van der Waals surface area contributed by atoms with Gasteiger partial charge in [0.1, 0.15) is 0 Å². The number of carbonyl (C=O) groups excluding carboxylic acids is 1. The Kier molecular flexibility index (Phi) is 5.45. The Morgan fingerprint density at radius 2 is 1.50 bits per heavy atom. The fourth-order valence-electron chi connectivity index (χ4n) is 4.62. The molecule has 162 valence electrons. The van der Waals surface area contributed by atoms with Crippen molar-refractivity contribution < 1.29 is 9.32 Å². The molecule has 6 heteroatoms. The number of benzene rings is 2. The molecule has 1 aliphatic heterocycles. The van der Waals surface area contributed by atoms with Gasteiger partial charge < -0.3 is 9.42 Å². The summed E-state index contributed by atoms with van der Waals surface area (Å²) in [6, 6.07) is 23.2. The molecule has 1 aliphatic rings. The summed E-state index contributed by atoms with van der Waals surface area (Å²) in [6.45, 7) is 6.66. The number of hydrogen-bond acceptors (Lipinski definition) is 5. The second-order valence-electron chi connectivity index (χ2n) is 8.31. The summed E-state index contributed by atoms with van der Waals surface area (Å²) >= 11 is 0. The van der Waals surface area contributed by atoms with Gasteiger partial charge in [0.05, 0.1) is 22.7 Å².